The molecule has 2 nitrogen and oxygen atoms in total. The van der Waals surface area contributed by atoms with Gasteiger partial charge >= 0.3 is 6.18 Å². The Hall–Kier alpha value is -1.62. The molecule has 0 spiro atoms. The third kappa shape index (κ3) is 3.04. The van der Waals surface area contributed by atoms with Crippen molar-refractivity contribution < 1.29 is 23.1 Å². The van der Waals surface area contributed by atoms with Crippen LogP contribution < -0.4 is 0 Å². The van der Waals surface area contributed by atoms with Crippen molar-refractivity contribution in [2.45, 2.75) is 31.5 Å². The van der Waals surface area contributed by atoms with E-state index in [1.165, 1.54) is 12.1 Å². The van der Waals surface area contributed by atoms with E-state index in [1.54, 1.807) is 6.08 Å². The van der Waals surface area contributed by atoms with Crippen molar-refractivity contribution >= 4 is 5.78 Å². The standard InChI is InChI=1S/C14H13F3O2/c15-14(16,17)10-5-3-4-9(8-10)13(19)11-6-1-2-7-12(11)18/h3-6,8,13,19H,1-2,7H2/t13-/m1/s1. The van der Waals surface area contributed by atoms with Crippen LogP contribution in [0.4, 0.5) is 13.2 Å². The monoisotopic (exact) mass is 270 g/mol. The third-order valence-electron chi connectivity index (χ3n) is 3.12. The fourth-order valence-corrected chi connectivity index (χ4v) is 2.11. The molecule has 1 aromatic rings. The van der Waals surface area contributed by atoms with E-state index in [9.17, 15) is 23.1 Å². The SMILES string of the molecule is O=C1CCCC=C1[C@H](O)c1cccc(C(F)(F)F)c1. The zero-order chi connectivity index (χ0) is 14.0. The smallest absolute Gasteiger partial charge is 0.384 e. The molecular weight excluding hydrogens is 257 g/mol. The van der Waals surface area contributed by atoms with Crippen LogP contribution in [0.25, 0.3) is 0 Å². The Morgan fingerprint density at radius 1 is 1.26 bits per heavy atom. The fourth-order valence-electron chi connectivity index (χ4n) is 2.11. The van der Waals surface area contributed by atoms with Gasteiger partial charge < -0.3 is 5.11 Å². The average molecular weight is 270 g/mol. The summed E-state index contributed by atoms with van der Waals surface area (Å²) < 4.78 is 37.8. The molecule has 19 heavy (non-hydrogen) atoms. The highest BCUT2D eigenvalue weighted by molar-refractivity contribution is 5.97. The summed E-state index contributed by atoms with van der Waals surface area (Å²) in [5.74, 6) is -0.198. The fraction of sp³-hybridized carbons (Fsp3) is 0.357. The summed E-state index contributed by atoms with van der Waals surface area (Å²) in [6.45, 7) is 0. The number of ketones is 1. The Morgan fingerprint density at radius 3 is 2.63 bits per heavy atom. The van der Waals surface area contributed by atoms with Crippen molar-refractivity contribution in [2.75, 3.05) is 0 Å². The van der Waals surface area contributed by atoms with Gasteiger partial charge in [0.25, 0.3) is 0 Å². The maximum atomic E-state index is 12.6. The van der Waals surface area contributed by atoms with Gasteiger partial charge in [-0.3, -0.25) is 4.79 Å². The first-order valence-corrected chi connectivity index (χ1v) is 5.98. The molecule has 0 aromatic heterocycles. The molecule has 0 fully saturated rings. The quantitative estimate of drug-likeness (QED) is 0.894. The Bertz CT molecular complexity index is 518. The van der Waals surface area contributed by atoms with Gasteiger partial charge in [-0.1, -0.05) is 18.2 Å². The maximum Gasteiger partial charge on any atom is 0.416 e. The molecule has 0 saturated carbocycles. The van der Waals surface area contributed by atoms with Crippen LogP contribution in [-0.4, -0.2) is 10.9 Å². The van der Waals surface area contributed by atoms with Gasteiger partial charge in [-0.25, -0.2) is 0 Å². The summed E-state index contributed by atoms with van der Waals surface area (Å²) in [6.07, 6.45) is -2.41. The Balaban J connectivity index is 2.31. The van der Waals surface area contributed by atoms with Gasteiger partial charge in [-0.15, -0.1) is 0 Å². The number of allylic oxidation sites excluding steroid dienone is 1. The van der Waals surface area contributed by atoms with E-state index in [1.807, 2.05) is 0 Å². The number of alkyl halides is 3. The van der Waals surface area contributed by atoms with Crippen molar-refractivity contribution in [2.24, 2.45) is 0 Å². The van der Waals surface area contributed by atoms with E-state index in [4.69, 9.17) is 0 Å². The van der Waals surface area contributed by atoms with E-state index in [2.05, 4.69) is 0 Å². The number of aliphatic hydroxyl groups is 1. The molecule has 1 N–H and O–H groups in total. The molecule has 0 bridgehead atoms. The topological polar surface area (TPSA) is 37.3 Å². The molecule has 0 unspecified atom stereocenters. The zero-order valence-electron chi connectivity index (χ0n) is 10.1. The van der Waals surface area contributed by atoms with Crippen LogP contribution in [0.1, 0.15) is 36.5 Å². The second kappa shape index (κ2) is 5.17. The lowest BCUT2D eigenvalue weighted by Crippen LogP contribution is -2.15. The minimum Gasteiger partial charge on any atom is -0.384 e. The minimum absolute atomic E-state index is 0.0938. The maximum absolute atomic E-state index is 12.6. The molecule has 102 valence electrons. The lowest BCUT2D eigenvalue weighted by molar-refractivity contribution is -0.137. The molecule has 1 aliphatic rings. The van der Waals surface area contributed by atoms with Gasteiger partial charge in [0, 0.05) is 12.0 Å². The number of halogens is 3. The predicted molar refractivity (Wildman–Crippen MR) is 63.3 cm³/mol. The van der Waals surface area contributed by atoms with Crippen LogP contribution in [0.2, 0.25) is 0 Å². The average Bonchev–Trinajstić information content (AvgIpc) is 2.38. The molecule has 0 radical (unpaired) electrons. The Morgan fingerprint density at radius 2 is 2.00 bits per heavy atom. The van der Waals surface area contributed by atoms with Crippen LogP contribution in [0.3, 0.4) is 0 Å². The van der Waals surface area contributed by atoms with Crippen molar-refractivity contribution in [3.63, 3.8) is 0 Å². The van der Waals surface area contributed by atoms with Gasteiger partial charge in [0.15, 0.2) is 5.78 Å². The minimum atomic E-state index is -4.46. The van der Waals surface area contributed by atoms with Gasteiger partial charge in [0.05, 0.1) is 5.56 Å². The van der Waals surface area contributed by atoms with Crippen molar-refractivity contribution in [1.82, 2.24) is 0 Å². The van der Waals surface area contributed by atoms with Gasteiger partial charge in [-0.05, 0) is 30.5 Å². The summed E-state index contributed by atoms with van der Waals surface area (Å²) in [4.78, 5) is 11.6. The molecule has 1 aromatic carbocycles. The lowest BCUT2D eigenvalue weighted by Gasteiger charge is -2.18. The number of aliphatic hydroxyl groups excluding tert-OH is 1. The zero-order valence-corrected chi connectivity index (χ0v) is 10.1. The Kier molecular flexibility index (Phi) is 3.75. The third-order valence-corrected chi connectivity index (χ3v) is 3.12. The highest BCUT2D eigenvalue weighted by Gasteiger charge is 2.31. The summed E-state index contributed by atoms with van der Waals surface area (Å²) in [6, 6.07) is 4.44. The van der Waals surface area contributed by atoms with Gasteiger partial charge in [-0.2, -0.15) is 13.2 Å². The molecular formula is C14H13F3O2. The predicted octanol–water partition coefficient (Wildman–Crippen LogP) is 3.42. The van der Waals surface area contributed by atoms with Crippen LogP contribution in [0.15, 0.2) is 35.9 Å². The highest BCUT2D eigenvalue weighted by atomic mass is 19.4. The van der Waals surface area contributed by atoms with Crippen LogP contribution in [0.5, 0.6) is 0 Å². The van der Waals surface area contributed by atoms with Crippen LogP contribution in [0, 0.1) is 0 Å². The first-order chi connectivity index (χ1) is 8.89. The Labute approximate surface area is 108 Å². The number of rotatable bonds is 2. The summed E-state index contributed by atoms with van der Waals surface area (Å²) >= 11 is 0. The summed E-state index contributed by atoms with van der Waals surface area (Å²) in [7, 11) is 0. The number of hydrogen-bond acceptors (Lipinski definition) is 2. The van der Waals surface area contributed by atoms with Gasteiger partial charge in [0.2, 0.25) is 0 Å². The molecule has 0 saturated heterocycles. The van der Waals surface area contributed by atoms with E-state index in [-0.39, 0.29) is 16.9 Å². The lowest BCUT2D eigenvalue weighted by atomic mass is 9.90. The van der Waals surface area contributed by atoms with E-state index >= 15 is 0 Å². The largest absolute Gasteiger partial charge is 0.416 e. The number of Topliss-reactive ketones (excluding diaryl/α,β-unsaturated/α-hetero) is 1. The molecule has 2 rings (SSSR count). The molecule has 5 heteroatoms. The molecule has 0 aliphatic heterocycles. The first-order valence-electron chi connectivity index (χ1n) is 5.98. The van der Waals surface area contributed by atoms with Crippen LogP contribution in [-0.2, 0) is 11.0 Å². The van der Waals surface area contributed by atoms with Crippen LogP contribution >= 0.6 is 0 Å². The van der Waals surface area contributed by atoms with Crippen molar-refractivity contribution in [3.8, 4) is 0 Å². The normalized spacial score (nSPS) is 18.1. The van der Waals surface area contributed by atoms with E-state index < -0.39 is 17.8 Å². The summed E-state index contributed by atoms with van der Waals surface area (Å²) in [5, 5.41) is 10.0. The second-order valence-electron chi connectivity index (χ2n) is 4.50. The first kappa shape index (κ1) is 13.8. The number of hydrogen-bond donors (Lipinski definition) is 1. The highest BCUT2D eigenvalue weighted by Crippen LogP contribution is 2.33. The number of benzene rings is 1. The molecule has 0 heterocycles. The van der Waals surface area contributed by atoms with Gasteiger partial charge in [0.1, 0.15) is 6.10 Å². The van der Waals surface area contributed by atoms with Crippen molar-refractivity contribution in [3.05, 3.63) is 47.0 Å². The number of carbonyl (C=O) groups is 1. The second-order valence-corrected chi connectivity index (χ2v) is 4.50. The molecule has 1 aliphatic carbocycles. The number of carbonyl (C=O) groups excluding carboxylic acids is 1. The summed E-state index contributed by atoms with van der Waals surface area (Å²) in [5.41, 5.74) is -0.533. The van der Waals surface area contributed by atoms with E-state index in [0.717, 1.165) is 18.6 Å². The molecule has 0 amide bonds. The molecule has 1 atom stereocenters. The van der Waals surface area contributed by atoms with Crippen molar-refractivity contribution in [1.29, 1.82) is 0 Å². The van der Waals surface area contributed by atoms with E-state index in [0.29, 0.717) is 12.8 Å².